The average Bonchev–Trinajstić information content (AvgIpc) is 2.72. The molecule has 2 fully saturated rings. The third kappa shape index (κ3) is 3.18. The number of rotatable bonds is 3. The fraction of sp³-hybridized carbons (Fsp3) is 0.909. The molecule has 2 heterocycles. The molecule has 0 aromatic heterocycles. The van der Waals surface area contributed by atoms with Crippen LogP contribution in [-0.4, -0.2) is 38.4 Å². The van der Waals surface area contributed by atoms with E-state index >= 15 is 0 Å². The molecule has 0 N–H and O–H groups in total. The lowest BCUT2D eigenvalue weighted by molar-refractivity contribution is -0.164. The van der Waals surface area contributed by atoms with E-state index < -0.39 is 15.6 Å². The topological polar surface area (TPSA) is 76.4 Å². The predicted molar refractivity (Wildman–Crippen MR) is 60.8 cm³/mol. The molecule has 6 heteroatoms. The highest BCUT2D eigenvalue weighted by Gasteiger charge is 2.41. The third-order valence-corrected chi connectivity index (χ3v) is 5.13. The fourth-order valence-corrected chi connectivity index (χ4v) is 4.42. The van der Waals surface area contributed by atoms with E-state index in [1.165, 1.54) is 0 Å². The second kappa shape index (κ2) is 4.56. The summed E-state index contributed by atoms with van der Waals surface area (Å²) in [6, 6.07) is 2.05. The molecule has 5 nitrogen and oxygen atoms in total. The van der Waals surface area contributed by atoms with Crippen LogP contribution in [0.15, 0.2) is 0 Å². The smallest absolute Gasteiger partial charge is 0.166 e. The van der Waals surface area contributed by atoms with Crippen molar-refractivity contribution in [1.29, 1.82) is 5.26 Å². The molecule has 17 heavy (non-hydrogen) atoms. The van der Waals surface area contributed by atoms with Crippen LogP contribution in [0.5, 0.6) is 0 Å². The third-order valence-electron chi connectivity index (χ3n) is 3.30. The van der Waals surface area contributed by atoms with Gasteiger partial charge in [-0.05, 0) is 19.3 Å². The largest absolute Gasteiger partial charge is 0.347 e. The molecular weight excluding hydrogens is 242 g/mol. The van der Waals surface area contributed by atoms with Gasteiger partial charge in [0.25, 0.3) is 0 Å². The van der Waals surface area contributed by atoms with Crippen molar-refractivity contribution < 1.29 is 17.9 Å². The van der Waals surface area contributed by atoms with Crippen molar-refractivity contribution in [3.8, 4) is 6.07 Å². The van der Waals surface area contributed by atoms with Gasteiger partial charge in [0, 0.05) is 6.42 Å². The number of hydrogen-bond donors (Lipinski definition) is 0. The SMILES string of the molecule is CC1(CC2CCS(=O)(=O)C2)OCC(CC#N)O1. The van der Waals surface area contributed by atoms with E-state index in [9.17, 15) is 8.42 Å². The first-order chi connectivity index (χ1) is 7.92. The second-order valence-electron chi connectivity index (χ2n) is 5.02. The molecular formula is C11H17NO4S. The van der Waals surface area contributed by atoms with E-state index in [0.717, 1.165) is 0 Å². The van der Waals surface area contributed by atoms with Crippen molar-refractivity contribution >= 4 is 9.84 Å². The molecule has 0 bridgehead atoms. The number of ether oxygens (including phenoxy) is 2. The summed E-state index contributed by atoms with van der Waals surface area (Å²) >= 11 is 0. The van der Waals surface area contributed by atoms with Crippen LogP contribution in [-0.2, 0) is 19.3 Å². The molecule has 0 saturated carbocycles. The lowest BCUT2D eigenvalue weighted by Gasteiger charge is -2.25. The molecule has 0 aromatic rings. The summed E-state index contributed by atoms with van der Waals surface area (Å²) in [5, 5.41) is 8.58. The molecule has 0 aromatic carbocycles. The molecule has 0 spiro atoms. The quantitative estimate of drug-likeness (QED) is 0.751. The standard InChI is InChI=1S/C11H17NO4S/c1-11(15-7-10(16-11)2-4-12)6-9-3-5-17(13,14)8-9/h9-10H,2-3,5-8H2,1H3. The van der Waals surface area contributed by atoms with Gasteiger partial charge >= 0.3 is 0 Å². The minimum atomic E-state index is -2.85. The summed E-state index contributed by atoms with van der Waals surface area (Å²) < 4.78 is 34.0. The van der Waals surface area contributed by atoms with Gasteiger partial charge in [0.05, 0.1) is 36.7 Å². The molecule has 0 amide bonds. The van der Waals surface area contributed by atoms with Gasteiger partial charge < -0.3 is 9.47 Å². The van der Waals surface area contributed by atoms with Crippen LogP contribution in [0.1, 0.15) is 26.2 Å². The van der Waals surface area contributed by atoms with E-state index in [1.807, 2.05) is 6.92 Å². The Labute approximate surface area is 102 Å². The van der Waals surface area contributed by atoms with Gasteiger partial charge in [0.2, 0.25) is 0 Å². The number of nitriles is 1. The Balaban J connectivity index is 1.90. The maximum atomic E-state index is 11.4. The summed E-state index contributed by atoms with van der Waals surface area (Å²) in [6.45, 7) is 2.25. The average molecular weight is 259 g/mol. The molecule has 2 rings (SSSR count). The first-order valence-corrected chi connectivity index (χ1v) is 7.64. The second-order valence-corrected chi connectivity index (χ2v) is 7.25. The van der Waals surface area contributed by atoms with Crippen LogP contribution in [0.4, 0.5) is 0 Å². The normalized spacial score (nSPS) is 40.2. The first-order valence-electron chi connectivity index (χ1n) is 5.82. The van der Waals surface area contributed by atoms with E-state index in [1.54, 1.807) is 0 Å². The fourth-order valence-electron chi connectivity index (χ4n) is 2.56. The summed E-state index contributed by atoms with van der Waals surface area (Å²) in [4.78, 5) is 0. The molecule has 3 unspecified atom stereocenters. The summed E-state index contributed by atoms with van der Waals surface area (Å²) in [6.07, 6.45) is 1.42. The first kappa shape index (κ1) is 12.8. The van der Waals surface area contributed by atoms with E-state index in [2.05, 4.69) is 6.07 Å². The Morgan fingerprint density at radius 1 is 1.53 bits per heavy atom. The van der Waals surface area contributed by atoms with Gasteiger partial charge in [-0.15, -0.1) is 0 Å². The minimum Gasteiger partial charge on any atom is -0.347 e. The van der Waals surface area contributed by atoms with Crippen molar-refractivity contribution in [2.45, 2.75) is 38.1 Å². The van der Waals surface area contributed by atoms with Crippen LogP contribution in [0.2, 0.25) is 0 Å². The molecule has 96 valence electrons. The Bertz CT molecular complexity index is 427. The minimum absolute atomic E-state index is 0.117. The van der Waals surface area contributed by atoms with Crippen LogP contribution < -0.4 is 0 Å². The monoisotopic (exact) mass is 259 g/mol. The molecule has 2 saturated heterocycles. The van der Waals surface area contributed by atoms with Crippen molar-refractivity contribution in [3.05, 3.63) is 0 Å². The highest BCUT2D eigenvalue weighted by atomic mass is 32.2. The maximum absolute atomic E-state index is 11.4. The van der Waals surface area contributed by atoms with E-state index in [4.69, 9.17) is 14.7 Å². The van der Waals surface area contributed by atoms with Crippen molar-refractivity contribution in [3.63, 3.8) is 0 Å². The van der Waals surface area contributed by atoms with E-state index in [0.29, 0.717) is 25.9 Å². The Hall–Kier alpha value is -0.640. The summed E-state index contributed by atoms with van der Waals surface area (Å²) in [5.41, 5.74) is 0. The van der Waals surface area contributed by atoms with Gasteiger partial charge in [0.1, 0.15) is 0 Å². The lowest BCUT2D eigenvalue weighted by Crippen LogP contribution is -2.30. The zero-order valence-electron chi connectivity index (χ0n) is 9.89. The van der Waals surface area contributed by atoms with Crippen molar-refractivity contribution in [2.24, 2.45) is 5.92 Å². The van der Waals surface area contributed by atoms with E-state index in [-0.39, 0.29) is 23.5 Å². The Morgan fingerprint density at radius 2 is 2.29 bits per heavy atom. The van der Waals surface area contributed by atoms with Gasteiger partial charge in [0.15, 0.2) is 15.6 Å². The van der Waals surface area contributed by atoms with Crippen LogP contribution in [0.25, 0.3) is 0 Å². The zero-order valence-corrected chi connectivity index (χ0v) is 10.7. The summed E-state index contributed by atoms with van der Waals surface area (Å²) in [7, 11) is -2.85. The van der Waals surface area contributed by atoms with Gasteiger partial charge in [-0.25, -0.2) is 8.42 Å². The van der Waals surface area contributed by atoms with Crippen LogP contribution in [0, 0.1) is 17.2 Å². The molecule has 0 aliphatic carbocycles. The number of hydrogen-bond acceptors (Lipinski definition) is 5. The Morgan fingerprint density at radius 3 is 2.88 bits per heavy atom. The highest BCUT2D eigenvalue weighted by molar-refractivity contribution is 7.91. The molecule has 2 aliphatic heterocycles. The Kier molecular flexibility index (Phi) is 3.43. The molecule has 3 atom stereocenters. The van der Waals surface area contributed by atoms with Gasteiger partial charge in [-0.3, -0.25) is 0 Å². The maximum Gasteiger partial charge on any atom is 0.166 e. The zero-order chi connectivity index (χ0) is 12.5. The number of sulfone groups is 1. The van der Waals surface area contributed by atoms with Gasteiger partial charge in [-0.1, -0.05) is 0 Å². The van der Waals surface area contributed by atoms with Gasteiger partial charge in [-0.2, -0.15) is 5.26 Å². The lowest BCUT2D eigenvalue weighted by atomic mass is 9.99. The number of nitrogens with zero attached hydrogens (tertiary/aromatic N) is 1. The van der Waals surface area contributed by atoms with Crippen LogP contribution in [0.3, 0.4) is 0 Å². The predicted octanol–water partition coefficient (Wildman–Crippen LogP) is 0.856. The van der Waals surface area contributed by atoms with Crippen molar-refractivity contribution in [1.82, 2.24) is 0 Å². The van der Waals surface area contributed by atoms with Crippen molar-refractivity contribution in [2.75, 3.05) is 18.1 Å². The van der Waals surface area contributed by atoms with Crippen LogP contribution >= 0.6 is 0 Å². The molecule has 0 radical (unpaired) electrons. The molecule has 2 aliphatic rings. The highest BCUT2D eigenvalue weighted by Crippen LogP contribution is 2.34. The summed E-state index contributed by atoms with van der Waals surface area (Å²) in [5.74, 6) is -0.0922.